The minimum atomic E-state index is -0.538. The van der Waals surface area contributed by atoms with Crippen molar-refractivity contribution < 1.29 is 19.0 Å². The van der Waals surface area contributed by atoms with Crippen LogP contribution in [0.4, 0.5) is 4.79 Å². The highest BCUT2D eigenvalue weighted by atomic mass is 127. The number of para-hydroxylation sites is 1. The molecule has 1 aromatic carbocycles. The second kappa shape index (κ2) is 12.2. The number of fused-ring (bicyclic) bond motifs is 1. The molecule has 176 valence electrons. The predicted octanol–water partition coefficient (Wildman–Crippen LogP) is 3.82. The number of rotatable bonds is 6. The number of amides is 1. The fourth-order valence-electron chi connectivity index (χ4n) is 2.81. The van der Waals surface area contributed by atoms with E-state index in [4.69, 9.17) is 14.2 Å². The van der Waals surface area contributed by atoms with E-state index in [0.717, 1.165) is 30.0 Å². The van der Waals surface area contributed by atoms with Crippen LogP contribution in [0, 0.1) is 0 Å². The standard InChI is InChI=1S/C22H36N4O4.HI/c1-7-23-19(25-15-22(5,6)26-20(27)30-21(2,3)4)24-14-16-10-8-11-17-18(16)29-13-9-12-28-17;/h8,10-11H,7,9,12-15H2,1-6H3,(H,26,27)(H2,23,24,25);1H. The Bertz CT molecular complexity index is 748. The maximum Gasteiger partial charge on any atom is 0.408 e. The fourth-order valence-corrected chi connectivity index (χ4v) is 2.81. The van der Waals surface area contributed by atoms with E-state index in [1.165, 1.54) is 0 Å². The molecule has 0 radical (unpaired) electrons. The number of hydrogen-bond donors (Lipinski definition) is 3. The molecule has 0 saturated carbocycles. The largest absolute Gasteiger partial charge is 0.490 e. The number of alkyl carbamates (subject to hydrolysis) is 1. The molecule has 1 amide bonds. The summed E-state index contributed by atoms with van der Waals surface area (Å²) in [5.74, 6) is 2.19. The summed E-state index contributed by atoms with van der Waals surface area (Å²) in [6.07, 6.45) is 0.418. The van der Waals surface area contributed by atoms with Crippen molar-refractivity contribution in [3.63, 3.8) is 0 Å². The van der Waals surface area contributed by atoms with Crippen LogP contribution in [0.5, 0.6) is 11.5 Å². The molecule has 0 aromatic heterocycles. The van der Waals surface area contributed by atoms with Crippen molar-refractivity contribution in [2.24, 2.45) is 4.99 Å². The van der Waals surface area contributed by atoms with Gasteiger partial charge in [0, 0.05) is 25.1 Å². The molecular formula is C22H37IN4O4. The SMILES string of the molecule is CCNC(=NCc1cccc2c1OCCCO2)NCC(C)(C)NC(=O)OC(C)(C)C.I. The van der Waals surface area contributed by atoms with Crippen molar-refractivity contribution >= 4 is 36.0 Å². The number of nitrogens with one attached hydrogen (secondary N) is 3. The summed E-state index contributed by atoms with van der Waals surface area (Å²) in [5.41, 5.74) is -0.0966. The zero-order chi connectivity index (χ0) is 22.2. The average molecular weight is 548 g/mol. The summed E-state index contributed by atoms with van der Waals surface area (Å²) in [4.78, 5) is 16.8. The monoisotopic (exact) mass is 548 g/mol. The van der Waals surface area contributed by atoms with Gasteiger partial charge >= 0.3 is 6.09 Å². The van der Waals surface area contributed by atoms with Crippen molar-refractivity contribution in [3.8, 4) is 11.5 Å². The Labute approximate surface area is 202 Å². The molecule has 3 N–H and O–H groups in total. The van der Waals surface area contributed by atoms with E-state index in [9.17, 15) is 4.79 Å². The lowest BCUT2D eigenvalue weighted by Gasteiger charge is -2.29. The Hall–Kier alpha value is -1.91. The second-order valence-corrected chi connectivity index (χ2v) is 8.85. The highest BCUT2D eigenvalue weighted by Gasteiger charge is 2.25. The molecule has 2 rings (SSSR count). The van der Waals surface area contributed by atoms with Gasteiger partial charge < -0.3 is 30.2 Å². The number of benzene rings is 1. The molecule has 1 aromatic rings. The number of carbonyl (C=O) groups is 1. The molecule has 1 aliphatic heterocycles. The van der Waals surface area contributed by atoms with Gasteiger partial charge in [-0.1, -0.05) is 12.1 Å². The zero-order valence-electron chi connectivity index (χ0n) is 19.5. The number of hydrogen-bond acceptors (Lipinski definition) is 5. The normalized spacial score (nSPS) is 14.1. The third kappa shape index (κ3) is 9.84. The Kier molecular flexibility index (Phi) is 10.7. The van der Waals surface area contributed by atoms with E-state index < -0.39 is 17.2 Å². The first-order valence-electron chi connectivity index (χ1n) is 10.5. The van der Waals surface area contributed by atoms with E-state index in [2.05, 4.69) is 20.9 Å². The molecule has 0 atom stereocenters. The van der Waals surface area contributed by atoms with Crippen LogP contribution in [0.3, 0.4) is 0 Å². The molecule has 0 saturated heterocycles. The topological polar surface area (TPSA) is 93.2 Å². The van der Waals surface area contributed by atoms with Gasteiger partial charge in [0.15, 0.2) is 17.5 Å². The van der Waals surface area contributed by atoms with E-state index in [1.54, 1.807) is 0 Å². The van der Waals surface area contributed by atoms with Gasteiger partial charge in [0.25, 0.3) is 0 Å². The summed E-state index contributed by atoms with van der Waals surface area (Å²) >= 11 is 0. The van der Waals surface area contributed by atoms with Crippen molar-refractivity contribution in [1.29, 1.82) is 0 Å². The Morgan fingerprint density at radius 1 is 1.13 bits per heavy atom. The van der Waals surface area contributed by atoms with Gasteiger partial charge in [-0.2, -0.15) is 0 Å². The maximum atomic E-state index is 12.1. The first-order chi connectivity index (χ1) is 14.1. The number of ether oxygens (including phenoxy) is 3. The third-order valence-electron chi connectivity index (χ3n) is 4.14. The van der Waals surface area contributed by atoms with Crippen LogP contribution in [0.25, 0.3) is 0 Å². The summed E-state index contributed by atoms with van der Waals surface area (Å²) in [6.45, 7) is 14.3. The molecule has 0 aliphatic carbocycles. The summed E-state index contributed by atoms with van der Waals surface area (Å²) in [6, 6.07) is 5.86. The molecule has 1 aliphatic rings. The van der Waals surface area contributed by atoms with Crippen molar-refractivity contribution in [1.82, 2.24) is 16.0 Å². The summed E-state index contributed by atoms with van der Waals surface area (Å²) in [5, 5.41) is 9.41. The van der Waals surface area contributed by atoms with Crippen LogP contribution in [0.1, 0.15) is 53.5 Å². The molecule has 0 unspecified atom stereocenters. The van der Waals surface area contributed by atoms with Crippen LogP contribution in [0.2, 0.25) is 0 Å². The minimum Gasteiger partial charge on any atom is -0.490 e. The van der Waals surface area contributed by atoms with E-state index >= 15 is 0 Å². The molecule has 8 nitrogen and oxygen atoms in total. The Morgan fingerprint density at radius 3 is 2.52 bits per heavy atom. The molecule has 0 spiro atoms. The first-order valence-corrected chi connectivity index (χ1v) is 10.5. The summed E-state index contributed by atoms with van der Waals surface area (Å²) < 4.78 is 17.0. The van der Waals surface area contributed by atoms with E-state index in [0.29, 0.717) is 32.3 Å². The van der Waals surface area contributed by atoms with Crippen molar-refractivity contribution in [2.75, 3.05) is 26.3 Å². The lowest BCUT2D eigenvalue weighted by Crippen LogP contribution is -2.54. The smallest absolute Gasteiger partial charge is 0.408 e. The first kappa shape index (κ1) is 27.1. The van der Waals surface area contributed by atoms with Gasteiger partial charge in [-0.05, 0) is 47.6 Å². The Morgan fingerprint density at radius 2 is 1.84 bits per heavy atom. The van der Waals surface area contributed by atoms with Gasteiger partial charge in [0.1, 0.15) is 5.60 Å². The molecular weight excluding hydrogens is 511 g/mol. The van der Waals surface area contributed by atoms with Gasteiger partial charge in [0.2, 0.25) is 0 Å². The lowest BCUT2D eigenvalue weighted by atomic mass is 10.1. The number of aliphatic imine (C=N–C) groups is 1. The minimum absolute atomic E-state index is 0. The van der Waals surface area contributed by atoms with Gasteiger partial charge in [-0.15, -0.1) is 24.0 Å². The highest BCUT2D eigenvalue weighted by molar-refractivity contribution is 14.0. The van der Waals surface area contributed by atoms with Crippen LogP contribution < -0.4 is 25.4 Å². The van der Waals surface area contributed by atoms with Gasteiger partial charge in [0.05, 0.1) is 25.3 Å². The number of halogens is 1. The fraction of sp³-hybridized carbons (Fsp3) is 0.636. The van der Waals surface area contributed by atoms with Gasteiger partial charge in [-0.3, -0.25) is 0 Å². The van der Waals surface area contributed by atoms with Crippen LogP contribution in [-0.2, 0) is 11.3 Å². The lowest BCUT2D eigenvalue weighted by molar-refractivity contribution is 0.0474. The van der Waals surface area contributed by atoms with Crippen molar-refractivity contribution in [3.05, 3.63) is 23.8 Å². The zero-order valence-corrected chi connectivity index (χ0v) is 21.8. The van der Waals surface area contributed by atoms with Crippen LogP contribution in [0.15, 0.2) is 23.2 Å². The van der Waals surface area contributed by atoms with E-state index in [-0.39, 0.29) is 24.0 Å². The second-order valence-electron chi connectivity index (χ2n) is 8.85. The van der Waals surface area contributed by atoms with Crippen molar-refractivity contribution in [2.45, 2.75) is 65.6 Å². The molecule has 0 fully saturated rings. The number of carbonyl (C=O) groups excluding carboxylic acids is 1. The molecule has 9 heteroatoms. The third-order valence-corrected chi connectivity index (χ3v) is 4.14. The quantitative estimate of drug-likeness (QED) is 0.285. The molecule has 31 heavy (non-hydrogen) atoms. The number of guanidine groups is 1. The molecule has 1 heterocycles. The Balaban J connectivity index is 0.00000480. The van der Waals surface area contributed by atoms with Crippen LogP contribution in [-0.4, -0.2) is 49.5 Å². The predicted molar refractivity (Wildman–Crippen MR) is 134 cm³/mol. The average Bonchev–Trinajstić information content (AvgIpc) is 2.87. The maximum absolute atomic E-state index is 12.1. The highest BCUT2D eigenvalue weighted by Crippen LogP contribution is 2.33. The van der Waals surface area contributed by atoms with Gasteiger partial charge in [-0.25, -0.2) is 9.79 Å². The van der Waals surface area contributed by atoms with Crippen LogP contribution >= 0.6 is 24.0 Å². The number of nitrogens with zero attached hydrogens (tertiary/aromatic N) is 1. The molecule has 0 bridgehead atoms. The summed E-state index contributed by atoms with van der Waals surface area (Å²) in [7, 11) is 0. The van der Waals surface area contributed by atoms with E-state index in [1.807, 2.05) is 59.7 Å².